The van der Waals surface area contributed by atoms with Crippen LogP contribution in [0, 0.1) is 21.4 Å². The minimum absolute atomic E-state index is 0.0969. The lowest BCUT2D eigenvalue weighted by Gasteiger charge is -2.19. The van der Waals surface area contributed by atoms with Crippen LogP contribution in [0.25, 0.3) is 6.08 Å². The number of nitrogens with zero attached hydrogens (tertiary/aromatic N) is 2. The molecule has 0 aromatic heterocycles. The Kier molecular flexibility index (Phi) is 6.70. The van der Waals surface area contributed by atoms with E-state index >= 15 is 0 Å². The number of hydrogen-bond donors (Lipinski definition) is 1. The fourth-order valence-electron chi connectivity index (χ4n) is 3.27. The molecule has 34 heavy (non-hydrogen) atoms. The minimum Gasteiger partial charge on any atom is -0.489 e. The second-order valence-electron chi connectivity index (χ2n) is 7.24. The third kappa shape index (κ3) is 5.31. The van der Waals surface area contributed by atoms with Crippen molar-refractivity contribution in [3.63, 3.8) is 0 Å². The number of nitro groups is 1. The molecule has 0 radical (unpaired) electrons. The summed E-state index contributed by atoms with van der Waals surface area (Å²) in [6.07, 6.45) is 1.38. The van der Waals surface area contributed by atoms with E-state index in [4.69, 9.17) is 14.2 Å². The summed E-state index contributed by atoms with van der Waals surface area (Å²) >= 11 is 0. The standard InChI is InChI=1S/C25H19N3O6/c26-15-19(11-18-7-4-8-20(12-18)34-16-17-5-2-1-3-6-17)25(29)27-21-13-23-24(33-10-9-32-23)14-22(21)28(30)31/h1-8,11-14H,9-10,16H2,(H,27,29)/b19-11+. The first-order chi connectivity index (χ1) is 16.5. The highest BCUT2D eigenvalue weighted by Crippen LogP contribution is 2.39. The van der Waals surface area contributed by atoms with E-state index in [0.29, 0.717) is 17.9 Å². The van der Waals surface area contributed by atoms with Crippen molar-refractivity contribution >= 4 is 23.4 Å². The molecule has 4 rings (SSSR count). The predicted octanol–water partition coefficient (Wildman–Crippen LogP) is 4.49. The van der Waals surface area contributed by atoms with Gasteiger partial charge in [-0.25, -0.2) is 0 Å². The Morgan fingerprint density at radius 3 is 2.53 bits per heavy atom. The van der Waals surface area contributed by atoms with E-state index in [1.807, 2.05) is 36.4 Å². The number of nitriles is 1. The molecule has 0 aliphatic carbocycles. The number of nitrogens with one attached hydrogen (secondary N) is 1. The second kappa shape index (κ2) is 10.2. The maximum Gasteiger partial charge on any atom is 0.296 e. The maximum atomic E-state index is 12.8. The van der Waals surface area contributed by atoms with Gasteiger partial charge in [0.15, 0.2) is 11.5 Å². The van der Waals surface area contributed by atoms with Crippen LogP contribution < -0.4 is 19.5 Å². The van der Waals surface area contributed by atoms with Gasteiger partial charge in [0.25, 0.3) is 11.6 Å². The highest BCUT2D eigenvalue weighted by Gasteiger charge is 2.24. The van der Waals surface area contributed by atoms with Crippen molar-refractivity contribution in [3.05, 3.63) is 93.5 Å². The van der Waals surface area contributed by atoms with Gasteiger partial charge in [-0.05, 0) is 29.3 Å². The average Bonchev–Trinajstić information content (AvgIpc) is 2.86. The van der Waals surface area contributed by atoms with E-state index in [0.717, 1.165) is 5.56 Å². The number of carbonyl (C=O) groups is 1. The largest absolute Gasteiger partial charge is 0.489 e. The van der Waals surface area contributed by atoms with Crippen LogP contribution in [0.4, 0.5) is 11.4 Å². The van der Waals surface area contributed by atoms with Crippen LogP contribution in [0.2, 0.25) is 0 Å². The number of anilines is 1. The molecule has 0 saturated carbocycles. The topological polar surface area (TPSA) is 124 Å². The van der Waals surface area contributed by atoms with E-state index in [1.165, 1.54) is 18.2 Å². The van der Waals surface area contributed by atoms with Crippen LogP contribution in [0.15, 0.2) is 72.3 Å². The van der Waals surface area contributed by atoms with Gasteiger partial charge >= 0.3 is 0 Å². The maximum absolute atomic E-state index is 12.8. The summed E-state index contributed by atoms with van der Waals surface area (Å²) in [5, 5.41) is 23.5. The van der Waals surface area contributed by atoms with Crippen molar-refractivity contribution in [2.24, 2.45) is 0 Å². The fourth-order valence-corrected chi connectivity index (χ4v) is 3.27. The molecule has 0 spiro atoms. The zero-order valence-electron chi connectivity index (χ0n) is 17.9. The van der Waals surface area contributed by atoms with Gasteiger partial charge in [0.1, 0.15) is 42.9 Å². The molecule has 1 aliphatic heterocycles. The summed E-state index contributed by atoms with van der Waals surface area (Å²) in [4.78, 5) is 23.6. The summed E-state index contributed by atoms with van der Waals surface area (Å²) in [7, 11) is 0. The van der Waals surface area contributed by atoms with E-state index in [9.17, 15) is 20.2 Å². The lowest BCUT2D eigenvalue weighted by atomic mass is 10.1. The number of fused-ring (bicyclic) bond motifs is 1. The van der Waals surface area contributed by atoms with Crippen molar-refractivity contribution in [2.45, 2.75) is 6.61 Å². The molecule has 9 heteroatoms. The molecule has 9 nitrogen and oxygen atoms in total. The first-order valence-corrected chi connectivity index (χ1v) is 10.3. The van der Waals surface area contributed by atoms with Crippen LogP contribution in [-0.2, 0) is 11.4 Å². The number of amides is 1. The number of benzene rings is 3. The van der Waals surface area contributed by atoms with Crippen LogP contribution in [0.1, 0.15) is 11.1 Å². The van der Waals surface area contributed by atoms with Gasteiger partial charge in [-0.15, -0.1) is 0 Å². The van der Waals surface area contributed by atoms with Gasteiger partial charge in [0.05, 0.1) is 11.0 Å². The number of nitro benzene ring substituents is 1. The fraction of sp³-hybridized carbons (Fsp3) is 0.120. The normalized spacial score (nSPS) is 12.4. The lowest BCUT2D eigenvalue weighted by molar-refractivity contribution is -0.384. The molecule has 0 atom stereocenters. The Hall–Kier alpha value is -4.84. The molecule has 1 heterocycles. The Bertz CT molecular complexity index is 1300. The summed E-state index contributed by atoms with van der Waals surface area (Å²) in [6.45, 7) is 0.920. The molecular formula is C25H19N3O6. The van der Waals surface area contributed by atoms with Crippen LogP contribution in [0.3, 0.4) is 0 Å². The van der Waals surface area contributed by atoms with E-state index < -0.39 is 10.8 Å². The zero-order valence-corrected chi connectivity index (χ0v) is 17.9. The Balaban J connectivity index is 1.53. The summed E-state index contributed by atoms with van der Waals surface area (Å²) in [6, 6.07) is 20.9. The smallest absolute Gasteiger partial charge is 0.296 e. The second-order valence-corrected chi connectivity index (χ2v) is 7.24. The first kappa shape index (κ1) is 22.4. The molecule has 3 aromatic rings. The summed E-state index contributed by atoms with van der Waals surface area (Å²) < 4.78 is 16.6. The van der Waals surface area contributed by atoms with Gasteiger partial charge in [-0.2, -0.15) is 5.26 Å². The molecule has 170 valence electrons. The quantitative estimate of drug-likeness (QED) is 0.240. The van der Waals surface area contributed by atoms with Gasteiger partial charge in [0, 0.05) is 6.07 Å². The number of hydrogen-bond acceptors (Lipinski definition) is 7. The molecule has 0 unspecified atom stereocenters. The molecule has 1 amide bonds. The summed E-state index contributed by atoms with van der Waals surface area (Å²) in [5.41, 5.74) is 0.867. The van der Waals surface area contributed by atoms with E-state index in [1.54, 1.807) is 24.3 Å². The highest BCUT2D eigenvalue weighted by atomic mass is 16.6. The molecule has 0 saturated heterocycles. The monoisotopic (exact) mass is 457 g/mol. The van der Waals surface area contributed by atoms with Gasteiger partial charge in [0.2, 0.25) is 0 Å². The van der Waals surface area contributed by atoms with Gasteiger partial charge < -0.3 is 19.5 Å². The molecule has 0 fully saturated rings. The molecule has 0 bridgehead atoms. The van der Waals surface area contributed by atoms with Gasteiger partial charge in [-0.1, -0.05) is 42.5 Å². The van der Waals surface area contributed by atoms with Crippen LogP contribution in [-0.4, -0.2) is 24.0 Å². The third-order valence-electron chi connectivity index (χ3n) is 4.89. The highest BCUT2D eigenvalue weighted by molar-refractivity contribution is 6.10. The lowest BCUT2D eigenvalue weighted by Crippen LogP contribution is -2.18. The van der Waals surface area contributed by atoms with Crippen LogP contribution >= 0.6 is 0 Å². The minimum atomic E-state index is -0.794. The zero-order chi connectivity index (χ0) is 23.9. The average molecular weight is 457 g/mol. The van der Waals surface area contributed by atoms with E-state index in [2.05, 4.69) is 5.32 Å². The predicted molar refractivity (Wildman–Crippen MR) is 124 cm³/mol. The SMILES string of the molecule is N#C/C(=C\c1cccc(OCc2ccccc2)c1)C(=O)Nc1cc2c(cc1[N+](=O)[O-])OCCO2. The first-order valence-electron chi connectivity index (χ1n) is 10.3. The third-order valence-corrected chi connectivity index (χ3v) is 4.89. The molecule has 1 aliphatic rings. The number of carbonyl (C=O) groups excluding carboxylic acids is 1. The van der Waals surface area contributed by atoms with Gasteiger partial charge in [-0.3, -0.25) is 14.9 Å². The van der Waals surface area contributed by atoms with E-state index in [-0.39, 0.29) is 41.7 Å². The Morgan fingerprint density at radius 2 is 1.82 bits per heavy atom. The van der Waals surface area contributed by atoms with Crippen molar-refractivity contribution in [1.29, 1.82) is 5.26 Å². The number of ether oxygens (including phenoxy) is 3. The van der Waals surface area contributed by atoms with Crippen molar-refractivity contribution in [1.82, 2.24) is 0 Å². The molecule has 3 aromatic carbocycles. The Morgan fingerprint density at radius 1 is 1.09 bits per heavy atom. The molecular weight excluding hydrogens is 438 g/mol. The van der Waals surface area contributed by atoms with Crippen molar-refractivity contribution in [3.8, 4) is 23.3 Å². The number of rotatable bonds is 7. The molecule has 1 N–H and O–H groups in total. The Labute approximate surface area is 195 Å². The summed E-state index contributed by atoms with van der Waals surface area (Å²) in [5.74, 6) is 0.271. The van der Waals surface area contributed by atoms with Crippen LogP contribution in [0.5, 0.6) is 17.2 Å². The van der Waals surface area contributed by atoms with Crippen molar-refractivity contribution in [2.75, 3.05) is 18.5 Å². The van der Waals surface area contributed by atoms with Crippen molar-refractivity contribution < 1.29 is 23.9 Å².